The zero-order chi connectivity index (χ0) is 9.84. The van der Waals surface area contributed by atoms with Crippen LogP contribution >= 0.6 is 15.9 Å². The molecule has 13 heavy (non-hydrogen) atoms. The fourth-order valence-electron chi connectivity index (χ4n) is 1.29. The molecule has 3 nitrogen and oxygen atoms in total. The lowest BCUT2D eigenvalue weighted by atomic mass is 10.2. The second-order valence-corrected chi connectivity index (χ2v) is 3.88. The van der Waals surface area contributed by atoms with Gasteiger partial charge in [-0.05, 0) is 28.8 Å². The van der Waals surface area contributed by atoms with Gasteiger partial charge in [-0.15, -0.1) is 0 Å². The van der Waals surface area contributed by atoms with Gasteiger partial charge in [0.05, 0.1) is 22.5 Å². The molecule has 1 rings (SSSR count). The van der Waals surface area contributed by atoms with Crippen LogP contribution in [0.3, 0.4) is 0 Å². The number of hydrogen-bond acceptors (Lipinski definition) is 2. The Labute approximate surface area is 86.9 Å². The minimum atomic E-state index is -0.413. The van der Waals surface area contributed by atoms with Crippen LogP contribution in [-0.2, 0) is 6.54 Å². The third-order valence-corrected chi connectivity index (χ3v) is 2.58. The van der Waals surface area contributed by atoms with E-state index in [-0.39, 0.29) is 0 Å². The van der Waals surface area contributed by atoms with Gasteiger partial charge in [0.2, 0.25) is 0 Å². The molecule has 1 aromatic heterocycles. The number of aliphatic hydroxyl groups excluding tert-OH is 1. The molecule has 1 atom stereocenters. The molecule has 0 spiro atoms. The fraction of sp³-hybridized carbons (Fsp3) is 0.667. The van der Waals surface area contributed by atoms with Gasteiger partial charge in [0.1, 0.15) is 0 Å². The van der Waals surface area contributed by atoms with Crippen LogP contribution in [0.15, 0.2) is 10.7 Å². The molecule has 4 heteroatoms. The van der Waals surface area contributed by atoms with Crippen LogP contribution in [0.4, 0.5) is 0 Å². The van der Waals surface area contributed by atoms with Gasteiger partial charge in [0.15, 0.2) is 0 Å². The first-order valence-corrected chi connectivity index (χ1v) is 5.39. The predicted octanol–water partition coefficient (Wildman–Crippen LogP) is 2.50. The van der Waals surface area contributed by atoms with Crippen molar-refractivity contribution in [3.63, 3.8) is 0 Å². The van der Waals surface area contributed by atoms with Crippen molar-refractivity contribution in [3.05, 3.63) is 16.4 Å². The first-order valence-electron chi connectivity index (χ1n) is 4.60. The molecule has 1 N–H and O–H groups in total. The van der Waals surface area contributed by atoms with E-state index in [9.17, 15) is 5.11 Å². The quantitative estimate of drug-likeness (QED) is 0.887. The van der Waals surface area contributed by atoms with E-state index in [4.69, 9.17) is 0 Å². The molecular formula is C9H15BrN2O. The monoisotopic (exact) mass is 246 g/mol. The largest absolute Gasteiger partial charge is 0.387 e. The van der Waals surface area contributed by atoms with Gasteiger partial charge in [-0.1, -0.05) is 13.8 Å². The average molecular weight is 247 g/mol. The lowest BCUT2D eigenvalue weighted by molar-refractivity contribution is 0.161. The highest BCUT2D eigenvalue weighted by Gasteiger charge is 2.15. The van der Waals surface area contributed by atoms with Crippen molar-refractivity contribution in [2.24, 2.45) is 0 Å². The van der Waals surface area contributed by atoms with Crippen LogP contribution in [0.1, 0.15) is 38.5 Å². The molecule has 0 bridgehead atoms. The minimum Gasteiger partial charge on any atom is -0.387 e. The molecular weight excluding hydrogens is 232 g/mol. The van der Waals surface area contributed by atoms with Gasteiger partial charge in [0, 0.05) is 6.54 Å². The van der Waals surface area contributed by atoms with E-state index in [0.29, 0.717) is 6.42 Å². The van der Waals surface area contributed by atoms with Crippen molar-refractivity contribution in [2.45, 2.75) is 39.3 Å². The number of hydrogen-bond donors (Lipinski definition) is 1. The minimum absolute atomic E-state index is 0.413. The topological polar surface area (TPSA) is 38.0 Å². The molecule has 1 heterocycles. The summed E-state index contributed by atoms with van der Waals surface area (Å²) in [7, 11) is 0. The molecule has 0 aliphatic rings. The summed E-state index contributed by atoms with van der Waals surface area (Å²) in [6, 6.07) is 0. The normalized spacial score (nSPS) is 13.2. The molecule has 0 aliphatic heterocycles. The van der Waals surface area contributed by atoms with E-state index in [1.54, 1.807) is 6.20 Å². The van der Waals surface area contributed by atoms with Gasteiger partial charge in [-0.25, -0.2) is 0 Å². The van der Waals surface area contributed by atoms with Crippen molar-refractivity contribution >= 4 is 15.9 Å². The molecule has 0 saturated heterocycles. The highest BCUT2D eigenvalue weighted by atomic mass is 79.9. The van der Waals surface area contributed by atoms with Gasteiger partial charge < -0.3 is 5.11 Å². The maximum atomic E-state index is 9.72. The van der Waals surface area contributed by atoms with E-state index >= 15 is 0 Å². The van der Waals surface area contributed by atoms with E-state index in [1.165, 1.54) is 0 Å². The highest BCUT2D eigenvalue weighted by molar-refractivity contribution is 9.10. The second-order valence-electron chi connectivity index (χ2n) is 3.02. The van der Waals surface area contributed by atoms with Crippen LogP contribution in [-0.4, -0.2) is 14.9 Å². The number of aliphatic hydroxyl groups is 1. The van der Waals surface area contributed by atoms with E-state index in [0.717, 1.165) is 23.1 Å². The van der Waals surface area contributed by atoms with Gasteiger partial charge in [0.25, 0.3) is 0 Å². The average Bonchev–Trinajstić information content (AvgIpc) is 2.47. The van der Waals surface area contributed by atoms with E-state index in [2.05, 4.69) is 28.0 Å². The van der Waals surface area contributed by atoms with Crippen molar-refractivity contribution in [1.29, 1.82) is 0 Å². The predicted molar refractivity (Wildman–Crippen MR) is 55.5 cm³/mol. The SMILES string of the molecule is CCCn1ncc(Br)c1C(O)CC. The number of aromatic nitrogens is 2. The summed E-state index contributed by atoms with van der Waals surface area (Å²) >= 11 is 3.39. The summed E-state index contributed by atoms with van der Waals surface area (Å²) in [5, 5.41) is 13.9. The number of aryl methyl sites for hydroxylation is 1. The molecule has 1 aromatic rings. The summed E-state index contributed by atoms with van der Waals surface area (Å²) in [6.45, 7) is 4.91. The standard InChI is InChI=1S/C9H15BrN2O/c1-3-5-12-9(8(13)4-2)7(10)6-11-12/h6,8,13H,3-5H2,1-2H3. The van der Waals surface area contributed by atoms with Crippen LogP contribution in [0.25, 0.3) is 0 Å². The fourth-order valence-corrected chi connectivity index (χ4v) is 1.85. The van der Waals surface area contributed by atoms with Crippen molar-refractivity contribution < 1.29 is 5.11 Å². The Hall–Kier alpha value is -0.350. The van der Waals surface area contributed by atoms with Crippen LogP contribution < -0.4 is 0 Å². The molecule has 74 valence electrons. The molecule has 0 saturated carbocycles. The van der Waals surface area contributed by atoms with Gasteiger partial charge in [-0.2, -0.15) is 5.10 Å². The number of nitrogens with zero attached hydrogens (tertiary/aromatic N) is 2. The smallest absolute Gasteiger partial charge is 0.0965 e. The third-order valence-electron chi connectivity index (χ3n) is 1.97. The van der Waals surface area contributed by atoms with Gasteiger partial charge in [-0.3, -0.25) is 4.68 Å². The van der Waals surface area contributed by atoms with Crippen molar-refractivity contribution in [3.8, 4) is 0 Å². The third kappa shape index (κ3) is 2.31. The Bertz CT molecular complexity index is 273. The van der Waals surface area contributed by atoms with Gasteiger partial charge >= 0.3 is 0 Å². The Morgan fingerprint density at radius 3 is 2.85 bits per heavy atom. The van der Waals surface area contributed by atoms with Crippen LogP contribution in [0.5, 0.6) is 0 Å². The van der Waals surface area contributed by atoms with E-state index < -0.39 is 6.10 Å². The highest BCUT2D eigenvalue weighted by Crippen LogP contribution is 2.25. The summed E-state index contributed by atoms with van der Waals surface area (Å²) < 4.78 is 2.76. The molecule has 0 amide bonds. The zero-order valence-corrected chi connectivity index (χ0v) is 9.58. The first kappa shape index (κ1) is 10.7. The number of rotatable bonds is 4. The summed E-state index contributed by atoms with van der Waals surface area (Å²) in [5.74, 6) is 0. The Morgan fingerprint density at radius 1 is 1.62 bits per heavy atom. The van der Waals surface area contributed by atoms with Crippen LogP contribution in [0, 0.1) is 0 Å². The molecule has 0 aromatic carbocycles. The summed E-state index contributed by atoms with van der Waals surface area (Å²) in [5.41, 5.74) is 0.893. The Kier molecular flexibility index (Phi) is 3.93. The number of halogens is 1. The Morgan fingerprint density at radius 2 is 2.31 bits per heavy atom. The second kappa shape index (κ2) is 4.77. The van der Waals surface area contributed by atoms with E-state index in [1.807, 2.05) is 11.6 Å². The lowest BCUT2D eigenvalue weighted by Crippen LogP contribution is -2.08. The maximum absolute atomic E-state index is 9.72. The van der Waals surface area contributed by atoms with Crippen LogP contribution in [0.2, 0.25) is 0 Å². The molecule has 0 radical (unpaired) electrons. The summed E-state index contributed by atoms with van der Waals surface area (Å²) in [4.78, 5) is 0. The first-order chi connectivity index (χ1) is 6.20. The van der Waals surface area contributed by atoms with Crippen molar-refractivity contribution in [1.82, 2.24) is 9.78 Å². The van der Waals surface area contributed by atoms with Crippen molar-refractivity contribution in [2.75, 3.05) is 0 Å². The lowest BCUT2D eigenvalue weighted by Gasteiger charge is -2.11. The summed E-state index contributed by atoms with van der Waals surface area (Å²) in [6.07, 6.45) is 3.07. The molecule has 0 fully saturated rings. The Balaban J connectivity index is 2.93. The maximum Gasteiger partial charge on any atom is 0.0965 e. The molecule has 0 aliphatic carbocycles. The molecule has 1 unspecified atom stereocenters. The zero-order valence-electron chi connectivity index (χ0n) is 8.00.